The van der Waals surface area contributed by atoms with Crippen molar-refractivity contribution in [3.05, 3.63) is 34.7 Å². The Morgan fingerprint density at radius 1 is 1.35 bits per heavy atom. The van der Waals surface area contributed by atoms with Crippen LogP contribution in [0.4, 0.5) is 0 Å². The van der Waals surface area contributed by atoms with E-state index in [1.54, 1.807) is 6.08 Å². The van der Waals surface area contributed by atoms with Gasteiger partial charge in [0, 0.05) is 0 Å². The number of benzene rings is 1. The van der Waals surface area contributed by atoms with Crippen molar-refractivity contribution in [2.24, 2.45) is 5.92 Å². The SMILES string of the molecule is CC(C)CCOc1ccc(C=C2SC(=N)NC2=O)cc1. The summed E-state index contributed by atoms with van der Waals surface area (Å²) in [6.45, 7) is 5.05. The van der Waals surface area contributed by atoms with Crippen LogP contribution in [0.3, 0.4) is 0 Å². The molecule has 20 heavy (non-hydrogen) atoms. The van der Waals surface area contributed by atoms with Gasteiger partial charge in [-0.1, -0.05) is 26.0 Å². The molecule has 0 unspecified atom stereocenters. The number of thioether (sulfide) groups is 1. The predicted molar refractivity (Wildman–Crippen MR) is 82.8 cm³/mol. The third kappa shape index (κ3) is 4.13. The average Bonchev–Trinajstić information content (AvgIpc) is 2.69. The quantitative estimate of drug-likeness (QED) is 0.818. The van der Waals surface area contributed by atoms with Gasteiger partial charge in [0.25, 0.3) is 5.91 Å². The Labute approximate surface area is 123 Å². The highest BCUT2D eigenvalue weighted by Crippen LogP contribution is 2.25. The molecule has 106 valence electrons. The second-order valence-electron chi connectivity index (χ2n) is 4.99. The maximum absolute atomic E-state index is 11.5. The second kappa shape index (κ2) is 6.61. The number of nitrogens with one attached hydrogen (secondary N) is 2. The molecule has 0 bridgehead atoms. The molecule has 0 saturated carbocycles. The second-order valence-corrected chi connectivity index (χ2v) is 6.05. The van der Waals surface area contributed by atoms with E-state index >= 15 is 0 Å². The standard InChI is InChI=1S/C15H18N2O2S/c1-10(2)7-8-19-12-5-3-11(4-6-12)9-13-14(18)17-15(16)20-13/h3-6,9-10H,7-8H2,1-2H3,(H2,16,17,18). The van der Waals surface area contributed by atoms with Crippen LogP contribution in [0, 0.1) is 11.3 Å². The fourth-order valence-electron chi connectivity index (χ4n) is 1.67. The van der Waals surface area contributed by atoms with Gasteiger partial charge in [-0.25, -0.2) is 0 Å². The fraction of sp³-hybridized carbons (Fsp3) is 0.333. The van der Waals surface area contributed by atoms with Crippen molar-refractivity contribution in [2.45, 2.75) is 20.3 Å². The lowest BCUT2D eigenvalue weighted by Gasteiger charge is -2.08. The van der Waals surface area contributed by atoms with Crippen molar-refractivity contribution < 1.29 is 9.53 Å². The van der Waals surface area contributed by atoms with Crippen LogP contribution in [-0.4, -0.2) is 17.7 Å². The lowest BCUT2D eigenvalue weighted by Crippen LogP contribution is -2.18. The maximum atomic E-state index is 11.5. The molecule has 1 aromatic carbocycles. The summed E-state index contributed by atoms with van der Waals surface area (Å²) < 4.78 is 5.64. The summed E-state index contributed by atoms with van der Waals surface area (Å²) >= 11 is 1.14. The van der Waals surface area contributed by atoms with E-state index in [2.05, 4.69) is 19.2 Å². The Morgan fingerprint density at radius 3 is 2.60 bits per heavy atom. The highest BCUT2D eigenvalue weighted by molar-refractivity contribution is 8.18. The van der Waals surface area contributed by atoms with Gasteiger partial charge < -0.3 is 10.1 Å². The monoisotopic (exact) mass is 290 g/mol. The van der Waals surface area contributed by atoms with Gasteiger partial charge in [-0.2, -0.15) is 0 Å². The summed E-state index contributed by atoms with van der Waals surface area (Å²) in [5, 5.41) is 10.0. The maximum Gasteiger partial charge on any atom is 0.264 e. The molecule has 0 aromatic heterocycles. The Hall–Kier alpha value is -1.75. The molecular weight excluding hydrogens is 272 g/mol. The molecule has 4 nitrogen and oxygen atoms in total. The van der Waals surface area contributed by atoms with E-state index in [4.69, 9.17) is 10.1 Å². The van der Waals surface area contributed by atoms with Gasteiger partial charge in [0.15, 0.2) is 5.17 Å². The molecule has 5 heteroatoms. The number of rotatable bonds is 5. The van der Waals surface area contributed by atoms with Crippen LogP contribution in [-0.2, 0) is 4.79 Å². The van der Waals surface area contributed by atoms with Gasteiger partial charge in [0.1, 0.15) is 5.75 Å². The van der Waals surface area contributed by atoms with E-state index in [0.717, 1.165) is 29.5 Å². The van der Waals surface area contributed by atoms with Gasteiger partial charge in [0.05, 0.1) is 11.5 Å². The fourth-order valence-corrected chi connectivity index (χ4v) is 2.37. The summed E-state index contributed by atoms with van der Waals surface area (Å²) in [4.78, 5) is 12.0. The van der Waals surface area contributed by atoms with Gasteiger partial charge in [0.2, 0.25) is 0 Å². The first kappa shape index (κ1) is 14.7. The first-order chi connectivity index (χ1) is 9.54. The Bertz CT molecular complexity index is 535. The zero-order valence-corrected chi connectivity index (χ0v) is 12.4. The molecule has 1 saturated heterocycles. The summed E-state index contributed by atoms with van der Waals surface area (Å²) in [7, 11) is 0. The number of carbonyl (C=O) groups excluding carboxylic acids is 1. The molecule has 1 aliphatic heterocycles. The van der Waals surface area contributed by atoms with E-state index in [1.165, 1.54) is 0 Å². The summed E-state index contributed by atoms with van der Waals surface area (Å²) in [5.74, 6) is 1.26. The van der Waals surface area contributed by atoms with Crippen molar-refractivity contribution in [3.63, 3.8) is 0 Å². The normalized spacial score (nSPS) is 16.9. The van der Waals surface area contributed by atoms with Crippen LogP contribution in [0.1, 0.15) is 25.8 Å². The molecular formula is C15H18N2O2S. The molecule has 1 fully saturated rings. The highest BCUT2D eigenvalue weighted by atomic mass is 32.2. The minimum absolute atomic E-state index is 0.176. The number of ether oxygens (including phenoxy) is 1. The van der Waals surface area contributed by atoms with Crippen molar-refractivity contribution in [2.75, 3.05) is 6.61 Å². The largest absolute Gasteiger partial charge is 0.494 e. The molecule has 0 spiro atoms. The van der Waals surface area contributed by atoms with Crippen LogP contribution in [0.15, 0.2) is 29.2 Å². The lowest BCUT2D eigenvalue weighted by molar-refractivity contribution is -0.115. The van der Waals surface area contributed by atoms with E-state index in [0.29, 0.717) is 17.4 Å². The van der Waals surface area contributed by atoms with Crippen molar-refractivity contribution in [1.82, 2.24) is 5.32 Å². The lowest BCUT2D eigenvalue weighted by atomic mass is 10.1. The van der Waals surface area contributed by atoms with E-state index in [9.17, 15) is 4.79 Å². The van der Waals surface area contributed by atoms with Crippen LogP contribution in [0.25, 0.3) is 6.08 Å². The number of amidine groups is 1. The smallest absolute Gasteiger partial charge is 0.264 e. The Kier molecular flexibility index (Phi) is 4.84. The first-order valence-corrected chi connectivity index (χ1v) is 7.38. The van der Waals surface area contributed by atoms with Gasteiger partial charge >= 0.3 is 0 Å². The van der Waals surface area contributed by atoms with Crippen LogP contribution in [0.2, 0.25) is 0 Å². The minimum atomic E-state index is -0.211. The van der Waals surface area contributed by atoms with Crippen molar-refractivity contribution >= 4 is 28.9 Å². The summed E-state index contributed by atoms with van der Waals surface area (Å²) in [5.41, 5.74) is 0.925. The number of amides is 1. The van der Waals surface area contributed by atoms with Gasteiger partial charge in [-0.05, 0) is 47.9 Å². The number of carbonyl (C=O) groups is 1. The van der Waals surface area contributed by atoms with Crippen molar-refractivity contribution in [1.29, 1.82) is 5.41 Å². The Morgan fingerprint density at radius 2 is 2.05 bits per heavy atom. The number of hydrogen-bond donors (Lipinski definition) is 2. The van der Waals surface area contributed by atoms with Gasteiger partial charge in [-0.3, -0.25) is 10.2 Å². The van der Waals surface area contributed by atoms with Crippen LogP contribution in [0.5, 0.6) is 5.75 Å². The van der Waals surface area contributed by atoms with Gasteiger partial charge in [-0.15, -0.1) is 0 Å². The first-order valence-electron chi connectivity index (χ1n) is 6.57. The third-order valence-electron chi connectivity index (χ3n) is 2.80. The highest BCUT2D eigenvalue weighted by Gasteiger charge is 2.21. The molecule has 1 aliphatic rings. The topological polar surface area (TPSA) is 62.2 Å². The zero-order chi connectivity index (χ0) is 14.5. The molecule has 1 amide bonds. The minimum Gasteiger partial charge on any atom is -0.494 e. The summed E-state index contributed by atoms with van der Waals surface area (Å²) in [6, 6.07) is 7.62. The number of hydrogen-bond acceptors (Lipinski definition) is 4. The van der Waals surface area contributed by atoms with E-state index in [-0.39, 0.29) is 11.1 Å². The molecule has 2 rings (SSSR count). The zero-order valence-electron chi connectivity index (χ0n) is 11.6. The summed E-state index contributed by atoms with van der Waals surface area (Å²) in [6.07, 6.45) is 2.81. The molecule has 0 radical (unpaired) electrons. The third-order valence-corrected chi connectivity index (χ3v) is 3.63. The molecule has 1 aromatic rings. The molecule has 0 aliphatic carbocycles. The van der Waals surface area contributed by atoms with Crippen LogP contribution >= 0.6 is 11.8 Å². The van der Waals surface area contributed by atoms with E-state index in [1.807, 2.05) is 24.3 Å². The Balaban J connectivity index is 1.96. The predicted octanol–water partition coefficient (Wildman–Crippen LogP) is 3.25. The molecule has 1 heterocycles. The van der Waals surface area contributed by atoms with Crippen LogP contribution < -0.4 is 10.1 Å². The van der Waals surface area contributed by atoms with E-state index < -0.39 is 0 Å². The average molecular weight is 290 g/mol. The molecule has 2 N–H and O–H groups in total. The molecule has 0 atom stereocenters. The van der Waals surface area contributed by atoms with Crippen molar-refractivity contribution in [3.8, 4) is 5.75 Å².